The Balaban J connectivity index is 1.70. The van der Waals surface area contributed by atoms with Crippen LogP contribution in [0.1, 0.15) is 92.0 Å². The molecule has 0 saturated carbocycles. The van der Waals surface area contributed by atoms with E-state index in [1.54, 1.807) is 0 Å². The molecule has 5 atom stereocenters. The Bertz CT molecular complexity index is 1490. The number of nitrogens with one attached hydrogen (secondary N) is 4. The summed E-state index contributed by atoms with van der Waals surface area (Å²) in [7, 11) is 0. The minimum absolute atomic E-state index is 0.0171. The predicted molar refractivity (Wildman–Crippen MR) is 171 cm³/mol. The number of thiol groups is 1. The van der Waals surface area contributed by atoms with Gasteiger partial charge in [0, 0.05) is 83.6 Å². The first kappa shape index (κ1) is 33.4. The maximum absolute atomic E-state index is 12.6. The number of carbonyl (C=O) groups is 4. The molecule has 0 bridgehead atoms. The summed E-state index contributed by atoms with van der Waals surface area (Å²) in [6.45, 7) is 11.9. The Morgan fingerprint density at radius 2 is 1.39 bits per heavy atom. The summed E-state index contributed by atoms with van der Waals surface area (Å²) in [5.41, 5.74) is 9.35. The normalized spacial score (nSPS) is 22.4. The van der Waals surface area contributed by atoms with E-state index in [1.165, 1.54) is 0 Å². The van der Waals surface area contributed by atoms with Gasteiger partial charge in [0.1, 0.15) is 0 Å². The highest BCUT2D eigenvalue weighted by atomic mass is 32.1. The largest absolute Gasteiger partial charge is 0.481 e. The van der Waals surface area contributed by atoms with E-state index in [9.17, 15) is 29.4 Å². The molecule has 0 aromatic carbocycles. The first-order valence-corrected chi connectivity index (χ1v) is 16.1. The number of hydrogen-bond acceptors (Lipinski definition) is 5. The molecule has 1 unspecified atom stereocenters. The zero-order chi connectivity index (χ0) is 32.5. The Morgan fingerprint density at radius 1 is 0.864 bits per heavy atom. The van der Waals surface area contributed by atoms with Crippen LogP contribution >= 0.6 is 12.6 Å². The predicted octanol–water partition coefficient (Wildman–Crippen LogP) is 3.96. The molecule has 0 aliphatic carbocycles. The topological polar surface area (TPSA) is 164 Å². The summed E-state index contributed by atoms with van der Waals surface area (Å²) in [5.74, 6) is -1.88. The zero-order valence-electron chi connectivity index (χ0n) is 26.5. The van der Waals surface area contributed by atoms with Gasteiger partial charge in [0.2, 0.25) is 11.8 Å². The maximum atomic E-state index is 12.6. The average molecular weight is 627 g/mol. The molecule has 2 aliphatic heterocycles. The summed E-state index contributed by atoms with van der Waals surface area (Å²) in [4.78, 5) is 55.3. The quantitative estimate of drug-likeness (QED) is 0.157. The van der Waals surface area contributed by atoms with E-state index >= 15 is 0 Å². The molecule has 1 saturated heterocycles. The Labute approximate surface area is 264 Å². The van der Waals surface area contributed by atoms with Gasteiger partial charge in [0.05, 0.1) is 6.04 Å². The number of carbonyl (C=O) groups excluding carboxylic acids is 2. The molecule has 2 aromatic heterocycles. The van der Waals surface area contributed by atoms with Gasteiger partial charge >= 0.3 is 11.9 Å². The van der Waals surface area contributed by atoms with Crippen molar-refractivity contribution in [3.8, 4) is 0 Å². The zero-order valence-corrected chi connectivity index (χ0v) is 27.4. The van der Waals surface area contributed by atoms with Gasteiger partial charge in [-0.3, -0.25) is 19.2 Å². The van der Waals surface area contributed by atoms with Crippen LogP contribution in [0.4, 0.5) is 0 Å². The van der Waals surface area contributed by atoms with Crippen molar-refractivity contribution in [1.82, 2.24) is 20.6 Å². The van der Waals surface area contributed by atoms with Crippen molar-refractivity contribution in [1.29, 1.82) is 0 Å². The third kappa shape index (κ3) is 6.92. The number of hydrogen-bond donors (Lipinski definition) is 7. The van der Waals surface area contributed by atoms with Crippen LogP contribution in [-0.4, -0.2) is 61.3 Å². The fourth-order valence-corrected chi connectivity index (χ4v) is 7.70. The number of rotatable bonds is 14. The number of aromatic nitrogens is 2. The van der Waals surface area contributed by atoms with Gasteiger partial charge in [-0.25, -0.2) is 0 Å². The van der Waals surface area contributed by atoms with Gasteiger partial charge < -0.3 is 30.8 Å². The average Bonchev–Trinajstić information content (AvgIpc) is 3.59. The Kier molecular flexibility index (Phi) is 10.4. The number of amides is 2. The van der Waals surface area contributed by atoms with Crippen molar-refractivity contribution in [2.24, 2.45) is 11.8 Å². The van der Waals surface area contributed by atoms with Gasteiger partial charge in [-0.15, -0.1) is 0 Å². The van der Waals surface area contributed by atoms with Crippen molar-refractivity contribution >= 4 is 36.4 Å². The van der Waals surface area contributed by atoms with Crippen LogP contribution in [0.25, 0.3) is 0 Å². The highest BCUT2D eigenvalue weighted by molar-refractivity contribution is 7.80. The minimum Gasteiger partial charge on any atom is -0.481 e. The number of H-pyrrole nitrogens is 2. The van der Waals surface area contributed by atoms with Crippen LogP contribution in [0, 0.1) is 25.7 Å². The van der Waals surface area contributed by atoms with E-state index in [2.05, 4.69) is 33.2 Å². The number of aliphatic carboxylic acids is 2. The second-order valence-corrected chi connectivity index (χ2v) is 13.3. The molecule has 0 spiro atoms. The summed E-state index contributed by atoms with van der Waals surface area (Å²) < 4.78 is 0. The molecule has 2 aromatic rings. The van der Waals surface area contributed by atoms with E-state index in [4.69, 9.17) is 0 Å². The lowest BCUT2D eigenvalue weighted by Gasteiger charge is -2.24. The Hall–Kier alpha value is -3.47. The van der Waals surface area contributed by atoms with Crippen molar-refractivity contribution in [2.45, 2.75) is 110 Å². The Morgan fingerprint density at radius 3 is 1.84 bits per heavy atom. The molecular weight excluding hydrogens is 580 g/mol. The van der Waals surface area contributed by atoms with Crippen molar-refractivity contribution in [3.63, 3.8) is 0 Å². The van der Waals surface area contributed by atoms with Crippen LogP contribution in [0.2, 0.25) is 0 Å². The molecule has 10 nitrogen and oxygen atoms in total. The summed E-state index contributed by atoms with van der Waals surface area (Å²) in [5, 5.41) is 25.2. The van der Waals surface area contributed by atoms with E-state index in [0.717, 1.165) is 56.2 Å². The lowest BCUT2D eigenvalue weighted by atomic mass is 9.86. The summed E-state index contributed by atoms with van der Waals surface area (Å²) in [6, 6.07) is -0.231. The number of carboxylic acids is 2. The second kappa shape index (κ2) is 13.7. The summed E-state index contributed by atoms with van der Waals surface area (Å²) in [6.07, 6.45) is 2.91. The van der Waals surface area contributed by atoms with Gasteiger partial charge in [-0.05, 0) is 67.9 Å². The highest BCUT2D eigenvalue weighted by Gasteiger charge is 2.41. The molecular formula is C33H46N4O6S. The smallest absolute Gasteiger partial charge is 0.303 e. The van der Waals surface area contributed by atoms with Crippen LogP contribution in [0.3, 0.4) is 0 Å². The molecule has 2 aliphatic rings. The van der Waals surface area contributed by atoms with Crippen molar-refractivity contribution < 1.29 is 29.4 Å². The molecule has 4 heterocycles. The molecule has 11 heteroatoms. The van der Waals surface area contributed by atoms with Crippen molar-refractivity contribution in [3.05, 3.63) is 56.2 Å². The monoisotopic (exact) mass is 626 g/mol. The van der Waals surface area contributed by atoms with Gasteiger partial charge in [-0.1, -0.05) is 20.8 Å². The van der Waals surface area contributed by atoms with Gasteiger partial charge in [-0.2, -0.15) is 12.6 Å². The van der Waals surface area contributed by atoms with E-state index < -0.39 is 11.9 Å². The first-order valence-electron chi connectivity index (χ1n) is 15.5. The van der Waals surface area contributed by atoms with Crippen LogP contribution in [0.5, 0.6) is 0 Å². The molecule has 1 fully saturated rings. The second-order valence-electron chi connectivity index (χ2n) is 12.5. The van der Waals surface area contributed by atoms with Crippen molar-refractivity contribution in [2.75, 3.05) is 0 Å². The van der Waals surface area contributed by atoms with Crippen LogP contribution < -0.4 is 10.6 Å². The summed E-state index contributed by atoms with van der Waals surface area (Å²) >= 11 is 4.67. The molecule has 6 N–H and O–H groups in total. The van der Waals surface area contributed by atoms with E-state index in [1.807, 2.05) is 41.5 Å². The van der Waals surface area contributed by atoms with Gasteiger partial charge in [0.15, 0.2) is 0 Å². The molecule has 2 amide bonds. The maximum Gasteiger partial charge on any atom is 0.303 e. The lowest BCUT2D eigenvalue weighted by molar-refractivity contribution is -0.138. The SMILES string of the molecule is CCC1=C(C)C(Cc2[nH]c(Cc3[nH]c(C[C@@H]4NC(=O)[C@@H](C)[C@H]4[C@H](C)S)c(C)c3CCC(=O)O)c(CCC(=O)O)c2C)NC1=O. The standard InChI is InChI=1S/C33H46N4O6S/c1-7-20-15(2)25(36-33(20)43)12-23-16(3)21(8-10-29(38)39)26(34-23)14-27-22(9-11-30(40)41)17(4)24(35-27)13-28-31(19(6)44)18(5)32(42)37-28/h18-19,25,28,31,34-35,44H,7-14H2,1-6H3,(H,36,43)(H,37,42)(H,38,39)(H,40,41)/t18-,19-,25?,28-,31-/m0/s1. The lowest BCUT2D eigenvalue weighted by Crippen LogP contribution is -2.34. The van der Waals surface area contributed by atoms with Crippen LogP contribution in [0.15, 0.2) is 11.1 Å². The van der Waals surface area contributed by atoms with E-state index in [-0.39, 0.29) is 53.8 Å². The third-order valence-electron chi connectivity index (χ3n) is 9.78. The van der Waals surface area contributed by atoms with Gasteiger partial charge in [0.25, 0.3) is 0 Å². The molecule has 0 radical (unpaired) electrons. The third-order valence-corrected chi connectivity index (χ3v) is 10.1. The molecule has 44 heavy (non-hydrogen) atoms. The first-order chi connectivity index (χ1) is 20.7. The fraction of sp³-hybridized carbons (Fsp3) is 0.576. The number of aromatic amines is 2. The molecule has 4 rings (SSSR count). The number of carboxylic acid groups (broad SMARTS) is 2. The highest BCUT2D eigenvalue weighted by Crippen LogP contribution is 2.34. The fourth-order valence-electron chi connectivity index (χ4n) is 7.23. The van der Waals surface area contributed by atoms with E-state index in [0.29, 0.717) is 38.5 Å². The molecule has 240 valence electrons. The minimum atomic E-state index is -0.882. The van der Waals surface area contributed by atoms with Crippen LogP contribution in [-0.2, 0) is 51.3 Å².